The van der Waals surface area contributed by atoms with Crippen LogP contribution in [0, 0.1) is 0 Å². The molecule has 2 aromatic heterocycles. The highest BCUT2D eigenvalue weighted by atomic mass is 15.2. The van der Waals surface area contributed by atoms with Crippen molar-refractivity contribution in [2.24, 2.45) is 0 Å². The summed E-state index contributed by atoms with van der Waals surface area (Å²) in [4.78, 5) is 19.4. The van der Waals surface area contributed by atoms with E-state index in [4.69, 9.17) is 0 Å². The molecule has 5 nitrogen and oxygen atoms in total. The van der Waals surface area contributed by atoms with Crippen molar-refractivity contribution in [3.63, 3.8) is 0 Å². The van der Waals surface area contributed by atoms with Gasteiger partial charge in [-0.1, -0.05) is 60.7 Å². The highest BCUT2D eigenvalue weighted by molar-refractivity contribution is 6.34. The monoisotopic (exact) mass is 423 g/mol. The van der Waals surface area contributed by atoms with Gasteiger partial charge in [-0.15, -0.1) is 0 Å². The van der Waals surface area contributed by atoms with Gasteiger partial charge in [-0.2, -0.15) is 0 Å². The summed E-state index contributed by atoms with van der Waals surface area (Å²) in [5.41, 5.74) is 1.01. The van der Waals surface area contributed by atoms with Crippen LogP contribution in [0.2, 0.25) is 0 Å². The predicted octanol–water partition coefficient (Wildman–Crippen LogP) is 6.79. The molecule has 2 heterocycles. The molecule has 5 aromatic carbocycles. The quantitative estimate of drug-likeness (QED) is 0.231. The maximum absolute atomic E-state index is 4.54. The summed E-state index contributed by atoms with van der Waals surface area (Å²) in [6, 6.07) is 27.8. The molecule has 0 atom stereocenters. The summed E-state index contributed by atoms with van der Waals surface area (Å²) in [6.45, 7) is 0. The lowest BCUT2D eigenvalue weighted by Gasteiger charge is -2.25. The molecule has 0 spiro atoms. The van der Waals surface area contributed by atoms with Crippen LogP contribution in [-0.4, -0.2) is 19.9 Å². The van der Waals surface area contributed by atoms with Gasteiger partial charge in [-0.05, 0) is 55.9 Å². The van der Waals surface area contributed by atoms with Gasteiger partial charge < -0.3 is 0 Å². The van der Waals surface area contributed by atoms with Crippen molar-refractivity contribution in [1.82, 2.24) is 19.9 Å². The van der Waals surface area contributed by atoms with E-state index in [0.717, 1.165) is 22.7 Å². The number of anilines is 3. The normalized spacial score (nSPS) is 11.6. The minimum Gasteiger partial charge on any atom is -0.278 e. The Morgan fingerprint density at radius 3 is 1.64 bits per heavy atom. The lowest BCUT2D eigenvalue weighted by Crippen LogP contribution is -2.13. The molecule has 0 saturated carbocycles. The molecule has 33 heavy (non-hydrogen) atoms. The molecule has 0 amide bonds. The van der Waals surface area contributed by atoms with E-state index < -0.39 is 0 Å². The maximum Gasteiger partial charge on any atom is 0.142 e. The van der Waals surface area contributed by atoms with Crippen molar-refractivity contribution in [3.05, 3.63) is 104 Å². The van der Waals surface area contributed by atoms with E-state index in [0.29, 0.717) is 0 Å². The van der Waals surface area contributed by atoms with Gasteiger partial charge in [0.25, 0.3) is 0 Å². The smallest absolute Gasteiger partial charge is 0.142 e. The van der Waals surface area contributed by atoms with Crippen LogP contribution in [0.25, 0.3) is 43.1 Å². The summed E-state index contributed by atoms with van der Waals surface area (Å²) in [5, 5.41) is 10.0. The summed E-state index contributed by atoms with van der Waals surface area (Å²) < 4.78 is 0. The van der Waals surface area contributed by atoms with Gasteiger partial charge in [0.1, 0.15) is 24.3 Å². The van der Waals surface area contributed by atoms with E-state index in [2.05, 4.69) is 91.6 Å². The molecule has 0 radical (unpaired) electrons. The molecule has 0 saturated heterocycles. The number of rotatable bonds is 3. The molecular weight excluding hydrogens is 406 g/mol. The number of aromatic nitrogens is 4. The Labute approximate surface area is 189 Å². The highest BCUT2D eigenvalue weighted by Gasteiger charge is 2.20. The zero-order valence-corrected chi connectivity index (χ0v) is 17.6. The molecule has 7 rings (SSSR count). The molecular formula is C28H17N5. The van der Waals surface area contributed by atoms with Crippen LogP contribution in [0.1, 0.15) is 0 Å². The third-order valence-electron chi connectivity index (χ3n) is 6.33. The summed E-state index contributed by atoms with van der Waals surface area (Å²) in [5.74, 6) is 1.51. The SMILES string of the molecule is c1cc2cccc3c4ccc(N(c5ccncn5)c5ccncn5)c5cccc(c(c1)c23)c54. The van der Waals surface area contributed by atoms with Crippen LogP contribution < -0.4 is 4.90 Å². The topological polar surface area (TPSA) is 54.8 Å². The first-order valence-corrected chi connectivity index (χ1v) is 10.8. The second kappa shape index (κ2) is 6.93. The van der Waals surface area contributed by atoms with E-state index in [1.165, 1.54) is 37.7 Å². The number of hydrogen-bond acceptors (Lipinski definition) is 5. The van der Waals surface area contributed by atoms with E-state index >= 15 is 0 Å². The molecule has 0 fully saturated rings. The van der Waals surface area contributed by atoms with E-state index in [-0.39, 0.29) is 0 Å². The van der Waals surface area contributed by atoms with Gasteiger partial charge in [-0.3, -0.25) is 4.90 Å². The number of hydrogen-bond donors (Lipinski definition) is 0. The van der Waals surface area contributed by atoms with Crippen molar-refractivity contribution >= 4 is 60.4 Å². The highest BCUT2D eigenvalue weighted by Crippen LogP contribution is 2.44. The van der Waals surface area contributed by atoms with E-state index in [1.54, 1.807) is 25.0 Å². The van der Waals surface area contributed by atoms with Gasteiger partial charge >= 0.3 is 0 Å². The maximum atomic E-state index is 4.54. The molecule has 7 aromatic rings. The van der Waals surface area contributed by atoms with Crippen LogP contribution in [0.15, 0.2) is 104 Å². The van der Waals surface area contributed by atoms with Crippen LogP contribution in [0.3, 0.4) is 0 Å². The summed E-state index contributed by atoms with van der Waals surface area (Å²) >= 11 is 0. The van der Waals surface area contributed by atoms with Gasteiger partial charge in [-0.25, -0.2) is 19.9 Å². The van der Waals surface area contributed by atoms with Crippen molar-refractivity contribution in [3.8, 4) is 0 Å². The fourth-order valence-corrected chi connectivity index (χ4v) is 5.02. The first-order chi connectivity index (χ1) is 16.4. The van der Waals surface area contributed by atoms with Crippen molar-refractivity contribution < 1.29 is 0 Å². The van der Waals surface area contributed by atoms with Crippen molar-refractivity contribution in [1.29, 1.82) is 0 Å². The molecule has 0 aliphatic carbocycles. The second-order valence-corrected chi connectivity index (χ2v) is 8.04. The average molecular weight is 423 g/mol. The van der Waals surface area contributed by atoms with Crippen molar-refractivity contribution in [2.45, 2.75) is 0 Å². The Balaban J connectivity index is 1.64. The first-order valence-electron chi connectivity index (χ1n) is 10.8. The second-order valence-electron chi connectivity index (χ2n) is 8.04. The average Bonchev–Trinajstić information content (AvgIpc) is 2.89. The van der Waals surface area contributed by atoms with Gasteiger partial charge in [0.2, 0.25) is 0 Å². The minimum atomic E-state index is 0.753. The number of nitrogens with zero attached hydrogens (tertiary/aromatic N) is 5. The molecule has 0 bridgehead atoms. The van der Waals surface area contributed by atoms with Crippen LogP contribution in [-0.2, 0) is 0 Å². The Hall–Kier alpha value is -4.64. The summed E-state index contributed by atoms with van der Waals surface area (Å²) in [6.07, 6.45) is 6.62. The van der Waals surface area contributed by atoms with E-state index in [9.17, 15) is 0 Å². The molecule has 5 heteroatoms. The molecule has 0 aliphatic rings. The fraction of sp³-hybridized carbons (Fsp3) is 0. The lowest BCUT2D eigenvalue weighted by molar-refractivity contribution is 1.07. The van der Waals surface area contributed by atoms with Gasteiger partial charge in [0.05, 0.1) is 5.69 Å². The number of benzene rings is 5. The third kappa shape index (κ3) is 2.59. The number of fused-ring (bicyclic) bond motifs is 2. The van der Waals surface area contributed by atoms with Crippen LogP contribution >= 0.6 is 0 Å². The zero-order valence-electron chi connectivity index (χ0n) is 17.6. The largest absolute Gasteiger partial charge is 0.278 e. The van der Waals surface area contributed by atoms with E-state index in [1.807, 2.05) is 12.1 Å². The Morgan fingerprint density at radius 1 is 0.485 bits per heavy atom. The minimum absolute atomic E-state index is 0.753. The standard InChI is InChI=1S/C28H17N5/c1-4-18-5-2-7-20-22-10-11-24(23-9-3-8-21(28(22)23)19(6-1)27(18)20)33(25-12-14-29-16-31-25)26-13-15-30-17-32-26/h1-17H. The Morgan fingerprint density at radius 2 is 1.03 bits per heavy atom. The first kappa shape index (κ1) is 18.0. The molecule has 0 aliphatic heterocycles. The zero-order chi connectivity index (χ0) is 21.8. The fourth-order valence-electron chi connectivity index (χ4n) is 5.02. The Bertz CT molecular complexity index is 1670. The summed E-state index contributed by atoms with van der Waals surface area (Å²) in [7, 11) is 0. The molecule has 0 N–H and O–H groups in total. The van der Waals surface area contributed by atoms with Gasteiger partial charge in [0, 0.05) is 17.8 Å². The van der Waals surface area contributed by atoms with Crippen LogP contribution in [0.5, 0.6) is 0 Å². The van der Waals surface area contributed by atoms with Crippen molar-refractivity contribution in [2.75, 3.05) is 4.90 Å². The van der Waals surface area contributed by atoms with Gasteiger partial charge in [0.15, 0.2) is 0 Å². The molecule has 154 valence electrons. The predicted molar refractivity (Wildman–Crippen MR) is 134 cm³/mol. The third-order valence-corrected chi connectivity index (χ3v) is 6.33. The Kier molecular flexibility index (Phi) is 3.78. The van der Waals surface area contributed by atoms with Crippen LogP contribution in [0.4, 0.5) is 17.3 Å². The lowest BCUT2D eigenvalue weighted by atomic mass is 9.89. The molecule has 0 unspecified atom stereocenters.